The number of aromatic nitrogens is 1. The highest BCUT2D eigenvalue weighted by Gasteiger charge is 2.33. The summed E-state index contributed by atoms with van der Waals surface area (Å²) in [7, 11) is 0. The summed E-state index contributed by atoms with van der Waals surface area (Å²) >= 11 is 0. The smallest absolute Gasteiger partial charge is 0.410 e. The summed E-state index contributed by atoms with van der Waals surface area (Å²) in [5.41, 5.74) is 0.185. The molecule has 1 aliphatic heterocycles. The molecule has 5 nitrogen and oxygen atoms in total. The highest BCUT2D eigenvalue weighted by Crippen LogP contribution is 2.23. The van der Waals surface area contributed by atoms with Crippen molar-refractivity contribution in [1.82, 2.24) is 9.88 Å². The predicted octanol–water partition coefficient (Wildman–Crippen LogP) is 2.38. The molecule has 1 saturated heterocycles. The van der Waals surface area contributed by atoms with Gasteiger partial charge in [0.05, 0.1) is 11.6 Å². The van der Waals surface area contributed by atoms with Gasteiger partial charge in [-0.3, -0.25) is 9.78 Å². The number of rotatable bonds is 1. The summed E-state index contributed by atoms with van der Waals surface area (Å²) in [5.74, 6) is -0.221. The predicted molar refractivity (Wildman–Crippen MR) is 74.4 cm³/mol. The lowest BCUT2D eigenvalue weighted by Crippen LogP contribution is -2.45. The Kier molecular flexibility index (Phi) is 4.06. The van der Waals surface area contributed by atoms with Crippen LogP contribution in [0.1, 0.15) is 38.8 Å². The number of hydrogen-bond acceptors (Lipinski definition) is 4. The molecule has 20 heavy (non-hydrogen) atoms. The lowest BCUT2D eigenvalue weighted by molar-refractivity contribution is -0.123. The molecule has 1 fully saturated rings. The number of ketones is 1. The third-order valence-electron chi connectivity index (χ3n) is 3.12. The van der Waals surface area contributed by atoms with Crippen LogP contribution in [0.15, 0.2) is 24.4 Å². The fraction of sp³-hybridized carbons (Fsp3) is 0.533. The van der Waals surface area contributed by atoms with Crippen molar-refractivity contribution in [2.24, 2.45) is 0 Å². The highest BCUT2D eigenvalue weighted by atomic mass is 16.6. The third kappa shape index (κ3) is 3.56. The lowest BCUT2D eigenvalue weighted by Gasteiger charge is -2.33. The molecular formula is C15H20N2O3. The summed E-state index contributed by atoms with van der Waals surface area (Å²) in [6, 6.07) is 5.48. The topological polar surface area (TPSA) is 59.5 Å². The first-order valence-electron chi connectivity index (χ1n) is 6.78. The molecule has 1 atom stereocenters. The maximum absolute atomic E-state index is 12.1. The van der Waals surface area contributed by atoms with E-state index in [0.717, 1.165) is 0 Å². The zero-order chi connectivity index (χ0) is 14.8. The number of amides is 1. The van der Waals surface area contributed by atoms with E-state index in [9.17, 15) is 9.59 Å². The highest BCUT2D eigenvalue weighted by molar-refractivity contribution is 5.87. The van der Waals surface area contributed by atoms with E-state index in [0.29, 0.717) is 25.2 Å². The van der Waals surface area contributed by atoms with Gasteiger partial charge in [-0.05, 0) is 32.9 Å². The van der Waals surface area contributed by atoms with Crippen molar-refractivity contribution in [2.45, 2.75) is 38.7 Å². The molecule has 1 amide bonds. The molecule has 1 aliphatic rings. The summed E-state index contributed by atoms with van der Waals surface area (Å²) in [6.45, 7) is 6.24. The second-order valence-corrected chi connectivity index (χ2v) is 5.95. The summed E-state index contributed by atoms with van der Waals surface area (Å²) in [4.78, 5) is 29.9. The maximum Gasteiger partial charge on any atom is 0.410 e. The van der Waals surface area contributed by atoms with E-state index in [-0.39, 0.29) is 17.8 Å². The molecule has 2 rings (SSSR count). The van der Waals surface area contributed by atoms with Gasteiger partial charge in [-0.15, -0.1) is 0 Å². The van der Waals surface area contributed by atoms with Gasteiger partial charge >= 0.3 is 6.09 Å². The molecule has 0 N–H and O–H groups in total. The Labute approximate surface area is 118 Å². The summed E-state index contributed by atoms with van der Waals surface area (Å²) < 4.78 is 5.35. The second kappa shape index (κ2) is 5.61. The van der Waals surface area contributed by atoms with Gasteiger partial charge in [0, 0.05) is 25.7 Å². The van der Waals surface area contributed by atoms with E-state index in [1.165, 1.54) is 0 Å². The van der Waals surface area contributed by atoms with Crippen molar-refractivity contribution in [2.75, 3.05) is 13.1 Å². The van der Waals surface area contributed by atoms with Gasteiger partial charge in [-0.1, -0.05) is 6.07 Å². The van der Waals surface area contributed by atoms with Crippen LogP contribution >= 0.6 is 0 Å². The molecule has 0 spiro atoms. The fourth-order valence-corrected chi connectivity index (χ4v) is 2.17. The number of pyridine rings is 1. The molecular weight excluding hydrogens is 256 g/mol. The SMILES string of the molecule is CC(C)(C)OC(=O)N1CCC(=O)C(c2ccccn2)C1. The Hall–Kier alpha value is -1.91. The van der Waals surface area contributed by atoms with Crippen LogP contribution in [0.5, 0.6) is 0 Å². The van der Waals surface area contributed by atoms with Gasteiger partial charge in [0.1, 0.15) is 11.4 Å². The average molecular weight is 276 g/mol. The van der Waals surface area contributed by atoms with Gasteiger partial charge in [-0.25, -0.2) is 4.79 Å². The molecule has 0 radical (unpaired) electrons. The lowest BCUT2D eigenvalue weighted by atomic mass is 9.93. The maximum atomic E-state index is 12.1. The number of likely N-dealkylation sites (tertiary alicyclic amines) is 1. The molecule has 0 bridgehead atoms. The number of nitrogens with zero attached hydrogens (tertiary/aromatic N) is 2. The number of Topliss-reactive ketones (excluding diaryl/α,β-unsaturated/α-hetero) is 1. The minimum absolute atomic E-state index is 0.128. The average Bonchev–Trinajstić information content (AvgIpc) is 2.38. The van der Waals surface area contributed by atoms with Gasteiger partial charge in [-0.2, -0.15) is 0 Å². The minimum atomic E-state index is -0.529. The van der Waals surface area contributed by atoms with Crippen molar-refractivity contribution in [3.63, 3.8) is 0 Å². The zero-order valence-electron chi connectivity index (χ0n) is 12.1. The van der Waals surface area contributed by atoms with Gasteiger partial charge < -0.3 is 9.64 Å². The van der Waals surface area contributed by atoms with Crippen LogP contribution in [0.4, 0.5) is 4.79 Å². The van der Waals surface area contributed by atoms with Crippen LogP contribution in [0.3, 0.4) is 0 Å². The first-order chi connectivity index (χ1) is 9.37. The van der Waals surface area contributed by atoms with Crippen LogP contribution in [0, 0.1) is 0 Å². The van der Waals surface area contributed by atoms with Crippen molar-refractivity contribution in [3.8, 4) is 0 Å². The van der Waals surface area contributed by atoms with Crippen molar-refractivity contribution in [1.29, 1.82) is 0 Å². The van der Waals surface area contributed by atoms with Crippen LogP contribution in [-0.4, -0.2) is 40.5 Å². The Morgan fingerprint density at radius 2 is 2.15 bits per heavy atom. The zero-order valence-corrected chi connectivity index (χ0v) is 12.1. The number of piperidine rings is 1. The fourth-order valence-electron chi connectivity index (χ4n) is 2.17. The first-order valence-corrected chi connectivity index (χ1v) is 6.78. The summed E-state index contributed by atoms with van der Waals surface area (Å²) in [5, 5.41) is 0. The van der Waals surface area contributed by atoms with E-state index >= 15 is 0 Å². The molecule has 5 heteroatoms. The Balaban J connectivity index is 2.09. The van der Waals surface area contributed by atoms with Gasteiger partial charge in [0.15, 0.2) is 0 Å². The van der Waals surface area contributed by atoms with E-state index in [1.807, 2.05) is 39.0 Å². The van der Waals surface area contributed by atoms with Crippen LogP contribution in [0.2, 0.25) is 0 Å². The Bertz CT molecular complexity index is 494. The van der Waals surface area contributed by atoms with E-state index < -0.39 is 5.60 Å². The quantitative estimate of drug-likeness (QED) is 0.790. The van der Waals surface area contributed by atoms with E-state index in [1.54, 1.807) is 11.1 Å². The molecule has 0 aromatic carbocycles. The number of hydrogen-bond donors (Lipinski definition) is 0. The summed E-state index contributed by atoms with van der Waals surface area (Å²) in [6.07, 6.45) is 1.64. The van der Waals surface area contributed by atoms with Gasteiger partial charge in [0.2, 0.25) is 0 Å². The Morgan fingerprint density at radius 1 is 1.40 bits per heavy atom. The Morgan fingerprint density at radius 3 is 2.75 bits per heavy atom. The molecule has 0 saturated carbocycles. The third-order valence-corrected chi connectivity index (χ3v) is 3.12. The van der Waals surface area contributed by atoms with Crippen molar-refractivity contribution < 1.29 is 14.3 Å². The van der Waals surface area contributed by atoms with Crippen LogP contribution in [-0.2, 0) is 9.53 Å². The van der Waals surface area contributed by atoms with E-state index in [4.69, 9.17) is 4.74 Å². The largest absolute Gasteiger partial charge is 0.444 e. The van der Waals surface area contributed by atoms with E-state index in [2.05, 4.69) is 4.98 Å². The molecule has 1 aromatic rings. The molecule has 1 aromatic heterocycles. The first kappa shape index (κ1) is 14.5. The number of carbonyl (C=O) groups excluding carboxylic acids is 2. The molecule has 1 unspecified atom stereocenters. The monoisotopic (exact) mass is 276 g/mol. The van der Waals surface area contributed by atoms with Crippen molar-refractivity contribution >= 4 is 11.9 Å². The minimum Gasteiger partial charge on any atom is -0.444 e. The van der Waals surface area contributed by atoms with Crippen LogP contribution < -0.4 is 0 Å². The molecule has 0 aliphatic carbocycles. The molecule has 2 heterocycles. The standard InChI is InChI=1S/C15H20N2O3/c1-15(2,3)20-14(19)17-9-7-13(18)11(10-17)12-6-4-5-8-16-12/h4-6,8,11H,7,9-10H2,1-3H3. The number of ether oxygens (including phenoxy) is 1. The van der Waals surface area contributed by atoms with Gasteiger partial charge in [0.25, 0.3) is 0 Å². The normalized spacial score (nSPS) is 19.9. The van der Waals surface area contributed by atoms with Crippen LogP contribution in [0.25, 0.3) is 0 Å². The number of carbonyl (C=O) groups is 2. The van der Waals surface area contributed by atoms with Crippen molar-refractivity contribution in [3.05, 3.63) is 30.1 Å². The second-order valence-electron chi connectivity index (χ2n) is 5.95. The molecule has 108 valence electrons.